The molecule has 4 atom stereocenters. The first kappa shape index (κ1) is 56.2. The maximum Gasteiger partial charge on any atom is 0.472 e. The minimum Gasteiger partial charge on any atom is -0.393 e. The van der Waals surface area contributed by atoms with E-state index in [1.165, 1.54) is 180 Å². The van der Waals surface area contributed by atoms with Gasteiger partial charge in [-0.2, -0.15) is 0 Å². The van der Waals surface area contributed by atoms with E-state index in [-0.39, 0.29) is 19.6 Å². The zero-order valence-corrected chi connectivity index (χ0v) is 38.4. The van der Waals surface area contributed by atoms with Crippen LogP contribution >= 0.6 is 7.82 Å². The molecule has 6 N–H and O–H groups in total. The second-order valence-corrected chi connectivity index (χ2v) is 18.3. The molecule has 0 aromatic heterocycles. The number of carbonyl (C=O) groups excluding carboxylic acids is 1. The number of nitrogens with two attached hydrogens (primary N) is 1. The second kappa shape index (κ2) is 43.3. The standard InChI is InChI=1S/C47H95N2O7P/c1-3-5-7-9-11-13-15-17-19-20-21-22-23-25-26-28-30-32-34-36-38-44(50)42-47(52)49-45(43-56-57(53,54)55-41-40-48)46(51)39-37-35-33-31-29-27-24-18-16-14-12-10-8-6-4-2/h37,39,44-46,50-51H,3-36,38,40-43,48H2,1-2H3,(H,49,52)(H,53,54)/b39-37+. The van der Waals surface area contributed by atoms with Gasteiger partial charge in [-0.05, 0) is 19.3 Å². The van der Waals surface area contributed by atoms with Crippen LogP contribution in [0.1, 0.15) is 245 Å². The minimum absolute atomic E-state index is 0.0516. The summed E-state index contributed by atoms with van der Waals surface area (Å²) in [5.41, 5.74) is 5.37. The van der Waals surface area contributed by atoms with E-state index in [9.17, 15) is 24.5 Å². The van der Waals surface area contributed by atoms with Gasteiger partial charge in [0, 0.05) is 6.54 Å². The third-order valence-corrected chi connectivity index (χ3v) is 12.2. The Balaban J connectivity index is 4.17. The Morgan fingerprint density at radius 3 is 1.35 bits per heavy atom. The Kier molecular flexibility index (Phi) is 42.7. The number of unbranched alkanes of at least 4 members (excludes halogenated alkanes) is 32. The first-order valence-corrected chi connectivity index (χ1v) is 25.9. The Morgan fingerprint density at radius 2 is 0.965 bits per heavy atom. The molecule has 1 amide bonds. The van der Waals surface area contributed by atoms with Crippen molar-refractivity contribution in [3.63, 3.8) is 0 Å². The molecule has 340 valence electrons. The summed E-state index contributed by atoms with van der Waals surface area (Å²) >= 11 is 0. The smallest absolute Gasteiger partial charge is 0.393 e. The number of hydrogen-bond acceptors (Lipinski definition) is 7. The summed E-state index contributed by atoms with van der Waals surface area (Å²) < 4.78 is 22.1. The van der Waals surface area contributed by atoms with Gasteiger partial charge in [0.25, 0.3) is 0 Å². The molecule has 0 spiro atoms. The zero-order valence-electron chi connectivity index (χ0n) is 37.5. The number of phosphoric acid groups is 1. The van der Waals surface area contributed by atoms with Crippen LogP contribution in [0.25, 0.3) is 0 Å². The second-order valence-electron chi connectivity index (χ2n) is 16.9. The largest absolute Gasteiger partial charge is 0.472 e. The van der Waals surface area contributed by atoms with Crippen LogP contribution in [0.2, 0.25) is 0 Å². The van der Waals surface area contributed by atoms with Crippen LogP contribution in [0, 0.1) is 0 Å². The van der Waals surface area contributed by atoms with Crippen molar-refractivity contribution in [2.45, 2.75) is 263 Å². The highest BCUT2D eigenvalue weighted by Crippen LogP contribution is 2.43. The summed E-state index contributed by atoms with van der Waals surface area (Å²) in [6.07, 6.45) is 45.8. The number of hydrogen-bond donors (Lipinski definition) is 5. The van der Waals surface area contributed by atoms with E-state index in [1.54, 1.807) is 6.08 Å². The van der Waals surface area contributed by atoms with Gasteiger partial charge >= 0.3 is 7.82 Å². The van der Waals surface area contributed by atoms with Gasteiger partial charge in [0.1, 0.15) is 0 Å². The zero-order chi connectivity index (χ0) is 41.9. The van der Waals surface area contributed by atoms with Gasteiger partial charge in [-0.25, -0.2) is 4.57 Å². The minimum atomic E-state index is -4.40. The van der Waals surface area contributed by atoms with Crippen molar-refractivity contribution in [1.82, 2.24) is 5.32 Å². The Morgan fingerprint density at radius 1 is 0.596 bits per heavy atom. The number of carbonyl (C=O) groups is 1. The van der Waals surface area contributed by atoms with Crippen LogP contribution in [0.5, 0.6) is 0 Å². The normalized spacial score (nSPS) is 14.6. The highest BCUT2D eigenvalue weighted by atomic mass is 31.2. The van der Waals surface area contributed by atoms with Gasteiger partial charge in [-0.1, -0.05) is 231 Å². The van der Waals surface area contributed by atoms with Crippen LogP contribution < -0.4 is 11.1 Å². The molecule has 0 radical (unpaired) electrons. The molecule has 0 aliphatic carbocycles. The van der Waals surface area contributed by atoms with E-state index >= 15 is 0 Å². The number of amides is 1. The van der Waals surface area contributed by atoms with Gasteiger partial charge in [-0.15, -0.1) is 0 Å². The Hall–Kier alpha value is -0.800. The lowest BCUT2D eigenvalue weighted by atomic mass is 10.0. The molecule has 0 aromatic carbocycles. The molecule has 0 saturated carbocycles. The molecular weight excluding hydrogens is 735 g/mol. The maximum absolute atomic E-state index is 12.8. The lowest BCUT2D eigenvalue weighted by Gasteiger charge is -2.24. The monoisotopic (exact) mass is 831 g/mol. The first-order chi connectivity index (χ1) is 27.8. The molecule has 0 aliphatic heterocycles. The summed E-state index contributed by atoms with van der Waals surface area (Å²) in [6.45, 7) is 4.01. The number of aliphatic hydroxyl groups is 2. The molecule has 0 fully saturated rings. The average molecular weight is 831 g/mol. The fourth-order valence-corrected chi connectivity index (χ4v) is 8.23. The molecule has 0 heterocycles. The SMILES string of the molecule is CCCCCCCCCCCCCCC/C=C/C(O)C(COP(=O)(O)OCCN)NC(=O)CC(O)CCCCCCCCCCCCCCCCCCCCCC. The van der Waals surface area contributed by atoms with E-state index in [1.807, 2.05) is 6.08 Å². The fraction of sp³-hybridized carbons (Fsp3) is 0.936. The van der Waals surface area contributed by atoms with Crippen molar-refractivity contribution >= 4 is 13.7 Å². The van der Waals surface area contributed by atoms with Crippen molar-refractivity contribution in [1.29, 1.82) is 0 Å². The number of rotatable bonds is 46. The predicted molar refractivity (Wildman–Crippen MR) is 241 cm³/mol. The molecule has 10 heteroatoms. The topological polar surface area (TPSA) is 151 Å². The van der Waals surface area contributed by atoms with E-state index in [4.69, 9.17) is 14.8 Å². The number of nitrogens with one attached hydrogen (secondary N) is 1. The van der Waals surface area contributed by atoms with E-state index in [2.05, 4.69) is 19.2 Å². The van der Waals surface area contributed by atoms with Gasteiger partial charge in [0.15, 0.2) is 0 Å². The average Bonchev–Trinajstić information content (AvgIpc) is 3.19. The lowest BCUT2D eigenvalue weighted by molar-refractivity contribution is -0.124. The molecule has 4 unspecified atom stereocenters. The quantitative estimate of drug-likeness (QED) is 0.0231. The summed E-state index contributed by atoms with van der Waals surface area (Å²) in [5.74, 6) is -0.441. The third-order valence-electron chi connectivity index (χ3n) is 11.2. The highest BCUT2D eigenvalue weighted by Gasteiger charge is 2.27. The van der Waals surface area contributed by atoms with Crippen LogP contribution in [-0.4, -0.2) is 59.0 Å². The number of allylic oxidation sites excluding steroid dienone is 1. The summed E-state index contributed by atoms with van der Waals surface area (Å²) in [5, 5.41) is 24.1. The Labute approximate surface area is 352 Å². The molecule has 9 nitrogen and oxygen atoms in total. The lowest BCUT2D eigenvalue weighted by Crippen LogP contribution is -2.46. The molecular formula is C47H95N2O7P. The van der Waals surface area contributed by atoms with Crippen LogP contribution in [-0.2, 0) is 18.4 Å². The van der Waals surface area contributed by atoms with Crippen molar-refractivity contribution in [3.05, 3.63) is 12.2 Å². The molecule has 0 aliphatic rings. The van der Waals surface area contributed by atoms with Crippen molar-refractivity contribution in [2.75, 3.05) is 19.8 Å². The predicted octanol–water partition coefficient (Wildman–Crippen LogP) is 12.9. The molecule has 0 saturated heterocycles. The maximum atomic E-state index is 12.8. The molecule has 0 aromatic rings. The fourth-order valence-electron chi connectivity index (χ4n) is 7.47. The van der Waals surface area contributed by atoms with Crippen molar-refractivity contribution in [2.24, 2.45) is 5.73 Å². The molecule has 0 bridgehead atoms. The van der Waals surface area contributed by atoms with Gasteiger partial charge in [0.2, 0.25) is 5.91 Å². The Bertz CT molecular complexity index is 924. The molecule has 57 heavy (non-hydrogen) atoms. The third kappa shape index (κ3) is 41.7. The summed E-state index contributed by atoms with van der Waals surface area (Å²) in [6, 6.07) is -0.978. The summed E-state index contributed by atoms with van der Waals surface area (Å²) in [4.78, 5) is 22.8. The number of aliphatic hydroxyl groups excluding tert-OH is 2. The van der Waals surface area contributed by atoms with Crippen molar-refractivity contribution in [3.8, 4) is 0 Å². The molecule has 0 rings (SSSR count). The van der Waals surface area contributed by atoms with E-state index in [0.29, 0.717) is 6.42 Å². The van der Waals surface area contributed by atoms with E-state index in [0.717, 1.165) is 38.5 Å². The van der Waals surface area contributed by atoms with Gasteiger partial charge in [-0.3, -0.25) is 13.8 Å². The van der Waals surface area contributed by atoms with Crippen molar-refractivity contribution < 1.29 is 33.5 Å². The van der Waals surface area contributed by atoms with Crippen LogP contribution in [0.4, 0.5) is 0 Å². The van der Waals surface area contributed by atoms with Crippen LogP contribution in [0.3, 0.4) is 0 Å². The van der Waals surface area contributed by atoms with Gasteiger partial charge < -0.3 is 26.2 Å². The summed E-state index contributed by atoms with van der Waals surface area (Å²) in [7, 11) is -4.40. The van der Waals surface area contributed by atoms with Gasteiger partial charge in [0.05, 0.1) is 37.9 Å². The first-order valence-electron chi connectivity index (χ1n) is 24.4. The highest BCUT2D eigenvalue weighted by molar-refractivity contribution is 7.47. The van der Waals surface area contributed by atoms with Crippen LogP contribution in [0.15, 0.2) is 12.2 Å². The van der Waals surface area contributed by atoms with E-state index < -0.39 is 38.6 Å². The number of phosphoric ester groups is 1.